The van der Waals surface area contributed by atoms with Crippen LogP contribution in [0.3, 0.4) is 0 Å². The number of carbonyl (C=O) groups is 2. The largest absolute Gasteiger partial charge is 0.492 e. The number of amides is 2. The molecule has 0 radical (unpaired) electrons. The Bertz CT molecular complexity index is 810. The fraction of sp³-hybridized carbons (Fsp3) is 0.333. The van der Waals surface area contributed by atoms with E-state index in [1.807, 2.05) is 31.2 Å². The number of rotatable bonds is 9. The highest BCUT2D eigenvalue weighted by Gasteiger charge is 2.09. The van der Waals surface area contributed by atoms with Crippen molar-refractivity contribution in [2.24, 2.45) is 5.92 Å². The van der Waals surface area contributed by atoms with Crippen molar-refractivity contribution in [3.63, 3.8) is 0 Å². The molecule has 0 saturated heterocycles. The molecule has 0 aromatic heterocycles. The Hall–Kier alpha value is -2.18. The van der Waals surface area contributed by atoms with Crippen LogP contribution in [0.15, 0.2) is 42.5 Å². The molecule has 150 valence electrons. The highest BCUT2D eigenvalue weighted by molar-refractivity contribution is 8.00. The van der Waals surface area contributed by atoms with Crippen molar-refractivity contribution >= 4 is 46.6 Å². The normalized spacial score (nSPS) is 10.6. The maximum atomic E-state index is 12.1. The molecule has 0 aliphatic carbocycles. The van der Waals surface area contributed by atoms with Gasteiger partial charge in [-0.05, 0) is 43.2 Å². The number of aryl methyl sites for hydroxylation is 1. The maximum absolute atomic E-state index is 12.1. The second-order valence-electron chi connectivity index (χ2n) is 6.81. The first kappa shape index (κ1) is 22.1. The van der Waals surface area contributed by atoms with Crippen LogP contribution in [0.4, 0.5) is 11.4 Å². The first-order chi connectivity index (χ1) is 13.3. The van der Waals surface area contributed by atoms with E-state index in [1.54, 1.807) is 18.2 Å². The van der Waals surface area contributed by atoms with E-state index in [0.717, 1.165) is 11.3 Å². The van der Waals surface area contributed by atoms with Gasteiger partial charge in [-0.15, -0.1) is 11.8 Å². The molecule has 0 bridgehead atoms. The third kappa shape index (κ3) is 7.82. The molecule has 5 nitrogen and oxygen atoms in total. The van der Waals surface area contributed by atoms with Gasteiger partial charge >= 0.3 is 0 Å². The minimum atomic E-state index is -0.194. The number of anilines is 2. The highest BCUT2D eigenvalue weighted by atomic mass is 35.5. The lowest BCUT2D eigenvalue weighted by atomic mass is 10.2. The Kier molecular flexibility index (Phi) is 8.67. The fourth-order valence-corrected chi connectivity index (χ4v) is 3.07. The average Bonchev–Trinajstić information content (AvgIpc) is 2.63. The number of nitrogens with one attached hydrogen (secondary N) is 2. The number of thioether (sulfide) groups is 1. The topological polar surface area (TPSA) is 67.4 Å². The number of ether oxygens (including phenoxy) is 1. The SMILES string of the molecule is Cc1ccc(NC(=O)CSCC(=O)Nc2ccc(OCC(C)C)c(Cl)c2)cc1. The Balaban J connectivity index is 1.73. The van der Waals surface area contributed by atoms with Gasteiger partial charge in [0, 0.05) is 11.4 Å². The molecule has 2 rings (SSSR count). The van der Waals surface area contributed by atoms with E-state index in [0.29, 0.717) is 29.0 Å². The van der Waals surface area contributed by atoms with E-state index in [-0.39, 0.29) is 23.3 Å². The van der Waals surface area contributed by atoms with Gasteiger partial charge in [0.2, 0.25) is 11.8 Å². The molecule has 2 N–H and O–H groups in total. The van der Waals surface area contributed by atoms with Crippen molar-refractivity contribution in [1.29, 1.82) is 0 Å². The molecule has 2 amide bonds. The maximum Gasteiger partial charge on any atom is 0.234 e. The third-order valence-electron chi connectivity index (χ3n) is 3.59. The van der Waals surface area contributed by atoms with Crippen LogP contribution in [0, 0.1) is 12.8 Å². The van der Waals surface area contributed by atoms with Gasteiger partial charge in [-0.1, -0.05) is 43.1 Å². The van der Waals surface area contributed by atoms with E-state index in [1.165, 1.54) is 11.8 Å². The minimum absolute atomic E-state index is 0.142. The molecule has 0 spiro atoms. The predicted octanol–water partition coefficient (Wildman–Crippen LogP) is 4.99. The van der Waals surface area contributed by atoms with Crippen LogP contribution in [0.2, 0.25) is 5.02 Å². The Labute approximate surface area is 175 Å². The molecular weight excluding hydrogens is 396 g/mol. The van der Waals surface area contributed by atoms with Crippen LogP contribution in [0.1, 0.15) is 19.4 Å². The summed E-state index contributed by atoms with van der Waals surface area (Å²) < 4.78 is 5.61. The Morgan fingerprint density at radius 1 is 1.00 bits per heavy atom. The minimum Gasteiger partial charge on any atom is -0.492 e. The summed E-state index contributed by atoms with van der Waals surface area (Å²) in [5, 5.41) is 6.02. The molecule has 0 heterocycles. The van der Waals surface area contributed by atoms with Gasteiger partial charge in [0.1, 0.15) is 5.75 Å². The van der Waals surface area contributed by atoms with E-state index >= 15 is 0 Å². The zero-order valence-corrected chi connectivity index (χ0v) is 17.8. The lowest BCUT2D eigenvalue weighted by Crippen LogP contribution is -2.18. The zero-order chi connectivity index (χ0) is 20.5. The monoisotopic (exact) mass is 420 g/mol. The molecule has 0 fully saturated rings. The van der Waals surface area contributed by atoms with Crippen molar-refractivity contribution in [1.82, 2.24) is 0 Å². The number of benzene rings is 2. The first-order valence-electron chi connectivity index (χ1n) is 9.00. The average molecular weight is 421 g/mol. The van der Waals surface area contributed by atoms with E-state index in [4.69, 9.17) is 16.3 Å². The zero-order valence-electron chi connectivity index (χ0n) is 16.3. The summed E-state index contributed by atoms with van der Waals surface area (Å²) in [6, 6.07) is 12.7. The van der Waals surface area contributed by atoms with Crippen molar-refractivity contribution in [3.05, 3.63) is 53.1 Å². The summed E-state index contributed by atoms with van der Waals surface area (Å²) in [6.45, 7) is 6.68. The van der Waals surface area contributed by atoms with Crippen LogP contribution in [-0.2, 0) is 9.59 Å². The van der Waals surface area contributed by atoms with Crippen molar-refractivity contribution < 1.29 is 14.3 Å². The molecule has 28 heavy (non-hydrogen) atoms. The molecular formula is C21H25ClN2O3S. The van der Waals surface area contributed by atoms with Crippen LogP contribution in [0.5, 0.6) is 5.75 Å². The summed E-state index contributed by atoms with van der Waals surface area (Å²) in [5.74, 6) is 1.02. The second-order valence-corrected chi connectivity index (χ2v) is 8.20. The van der Waals surface area contributed by atoms with Crippen LogP contribution in [0.25, 0.3) is 0 Å². The van der Waals surface area contributed by atoms with Crippen LogP contribution in [-0.4, -0.2) is 29.9 Å². The number of carbonyl (C=O) groups excluding carboxylic acids is 2. The molecule has 0 aliphatic heterocycles. The second kappa shape index (κ2) is 11.0. The summed E-state index contributed by atoms with van der Waals surface area (Å²) in [7, 11) is 0. The molecule has 2 aromatic rings. The Morgan fingerprint density at radius 2 is 1.57 bits per heavy atom. The van der Waals surface area contributed by atoms with Crippen molar-refractivity contribution in [2.75, 3.05) is 28.7 Å². The smallest absolute Gasteiger partial charge is 0.234 e. The van der Waals surface area contributed by atoms with Gasteiger partial charge in [0.05, 0.1) is 23.1 Å². The van der Waals surface area contributed by atoms with E-state index in [9.17, 15) is 9.59 Å². The van der Waals surface area contributed by atoms with E-state index < -0.39 is 0 Å². The van der Waals surface area contributed by atoms with Gasteiger partial charge in [-0.25, -0.2) is 0 Å². The van der Waals surface area contributed by atoms with Gasteiger partial charge in [0.25, 0.3) is 0 Å². The molecule has 7 heteroatoms. The highest BCUT2D eigenvalue weighted by Crippen LogP contribution is 2.28. The standard InChI is InChI=1S/C21H25ClN2O3S/c1-14(2)11-27-19-9-8-17(10-18(19)22)24-21(26)13-28-12-20(25)23-16-6-4-15(3)5-7-16/h4-10,14H,11-13H2,1-3H3,(H,23,25)(H,24,26). The summed E-state index contributed by atoms with van der Waals surface area (Å²) in [6.07, 6.45) is 0. The summed E-state index contributed by atoms with van der Waals surface area (Å²) >= 11 is 7.44. The lowest BCUT2D eigenvalue weighted by molar-refractivity contribution is -0.114. The first-order valence-corrected chi connectivity index (χ1v) is 10.5. The number of halogens is 1. The third-order valence-corrected chi connectivity index (χ3v) is 4.82. The lowest BCUT2D eigenvalue weighted by Gasteiger charge is -2.12. The fourth-order valence-electron chi connectivity index (χ4n) is 2.22. The van der Waals surface area contributed by atoms with Gasteiger partial charge in [-0.2, -0.15) is 0 Å². The molecule has 0 aliphatic rings. The van der Waals surface area contributed by atoms with Gasteiger partial charge in [0.15, 0.2) is 0 Å². The number of hydrogen-bond acceptors (Lipinski definition) is 4. The molecule has 0 atom stereocenters. The van der Waals surface area contributed by atoms with Crippen molar-refractivity contribution in [3.8, 4) is 5.75 Å². The van der Waals surface area contributed by atoms with Crippen LogP contribution < -0.4 is 15.4 Å². The van der Waals surface area contributed by atoms with E-state index in [2.05, 4.69) is 24.5 Å². The quantitative estimate of drug-likeness (QED) is 0.599. The summed E-state index contributed by atoms with van der Waals surface area (Å²) in [4.78, 5) is 24.0. The van der Waals surface area contributed by atoms with Crippen molar-refractivity contribution in [2.45, 2.75) is 20.8 Å². The van der Waals surface area contributed by atoms with Crippen LogP contribution >= 0.6 is 23.4 Å². The predicted molar refractivity (Wildman–Crippen MR) is 118 cm³/mol. The number of hydrogen-bond donors (Lipinski definition) is 2. The molecule has 0 saturated carbocycles. The molecule has 0 unspecified atom stereocenters. The summed E-state index contributed by atoms with van der Waals surface area (Å²) in [5.41, 5.74) is 2.47. The van der Waals surface area contributed by atoms with Gasteiger partial charge < -0.3 is 15.4 Å². The Morgan fingerprint density at radius 3 is 2.14 bits per heavy atom. The van der Waals surface area contributed by atoms with Gasteiger partial charge in [-0.3, -0.25) is 9.59 Å². The molecule has 2 aromatic carbocycles.